The fourth-order valence-electron chi connectivity index (χ4n) is 2.02. The first kappa shape index (κ1) is 18.1. The van der Waals surface area contributed by atoms with Crippen molar-refractivity contribution < 1.29 is 14.3 Å². The van der Waals surface area contributed by atoms with Crippen molar-refractivity contribution in [1.82, 2.24) is 0 Å². The minimum Gasteiger partial charge on any atom is -0.395 e. The molecule has 0 bridgehead atoms. The van der Waals surface area contributed by atoms with Crippen LogP contribution in [0.3, 0.4) is 0 Å². The molecular weight excluding hydrogens is 307 g/mol. The summed E-state index contributed by atoms with van der Waals surface area (Å²) in [5.41, 5.74) is 6.97. The van der Waals surface area contributed by atoms with Crippen molar-refractivity contribution in [2.75, 3.05) is 11.9 Å². The number of hydrogen-bond donors (Lipinski definition) is 3. The van der Waals surface area contributed by atoms with Crippen molar-refractivity contribution in [1.29, 1.82) is 0 Å². The maximum atomic E-state index is 13.6. The molecular formula is C16H18ClFN2O2. The number of aliphatic hydroxyl groups excluding tert-OH is 1. The number of benzene rings is 2. The highest BCUT2D eigenvalue weighted by Gasteiger charge is 2.14. The molecule has 1 amide bonds. The van der Waals surface area contributed by atoms with Crippen molar-refractivity contribution in [3.63, 3.8) is 0 Å². The number of hydrogen-bond acceptors (Lipinski definition) is 3. The van der Waals surface area contributed by atoms with Gasteiger partial charge in [0.15, 0.2) is 0 Å². The number of amides is 1. The van der Waals surface area contributed by atoms with Crippen LogP contribution >= 0.6 is 12.4 Å². The number of nitrogens with two attached hydrogens (primary N) is 1. The van der Waals surface area contributed by atoms with E-state index in [0.29, 0.717) is 17.5 Å². The molecule has 22 heavy (non-hydrogen) atoms. The fraction of sp³-hybridized carbons (Fsp3) is 0.188. The molecule has 2 aromatic rings. The molecule has 2 rings (SSSR count). The Morgan fingerprint density at radius 1 is 1.18 bits per heavy atom. The topological polar surface area (TPSA) is 75.3 Å². The summed E-state index contributed by atoms with van der Waals surface area (Å²) in [7, 11) is 0. The van der Waals surface area contributed by atoms with Gasteiger partial charge in [-0.1, -0.05) is 30.3 Å². The molecule has 0 fully saturated rings. The first-order valence-electron chi connectivity index (χ1n) is 6.62. The number of halogens is 2. The van der Waals surface area contributed by atoms with Gasteiger partial charge in [0.2, 0.25) is 0 Å². The van der Waals surface area contributed by atoms with Crippen LogP contribution in [-0.2, 0) is 6.42 Å². The highest BCUT2D eigenvalue weighted by molar-refractivity contribution is 6.05. The average Bonchev–Trinajstić information content (AvgIpc) is 2.50. The van der Waals surface area contributed by atoms with Crippen LogP contribution in [-0.4, -0.2) is 23.7 Å². The largest absolute Gasteiger partial charge is 0.395 e. The predicted octanol–water partition coefficient (Wildman–Crippen LogP) is 2.36. The molecule has 2 aromatic carbocycles. The molecule has 0 saturated carbocycles. The molecule has 118 valence electrons. The van der Waals surface area contributed by atoms with Crippen molar-refractivity contribution in [2.24, 2.45) is 5.73 Å². The first-order chi connectivity index (χ1) is 10.1. The SMILES string of the molecule is Cl.N[C@@H](CO)Cc1ccccc1C(=O)Nc1ccccc1F. The van der Waals surface area contributed by atoms with Crippen LogP contribution < -0.4 is 11.1 Å². The second kappa shape index (κ2) is 8.48. The Kier molecular flexibility index (Phi) is 6.98. The number of rotatable bonds is 5. The van der Waals surface area contributed by atoms with E-state index in [-0.39, 0.29) is 24.7 Å². The Morgan fingerprint density at radius 2 is 1.82 bits per heavy atom. The van der Waals surface area contributed by atoms with Gasteiger partial charge in [-0.2, -0.15) is 0 Å². The molecule has 0 radical (unpaired) electrons. The molecule has 0 spiro atoms. The molecule has 0 aliphatic carbocycles. The van der Waals surface area contributed by atoms with Crippen LogP contribution in [0.1, 0.15) is 15.9 Å². The van der Waals surface area contributed by atoms with Gasteiger partial charge in [-0.05, 0) is 30.2 Å². The Balaban J connectivity index is 0.00000242. The van der Waals surface area contributed by atoms with Crippen molar-refractivity contribution in [2.45, 2.75) is 12.5 Å². The smallest absolute Gasteiger partial charge is 0.256 e. The second-order valence-corrected chi connectivity index (χ2v) is 4.74. The molecule has 0 aliphatic rings. The lowest BCUT2D eigenvalue weighted by atomic mass is 10.0. The average molecular weight is 325 g/mol. The van der Waals surface area contributed by atoms with Gasteiger partial charge >= 0.3 is 0 Å². The molecule has 1 atom stereocenters. The zero-order chi connectivity index (χ0) is 15.2. The highest BCUT2D eigenvalue weighted by Crippen LogP contribution is 2.16. The minimum absolute atomic E-state index is 0. The standard InChI is InChI=1S/C16H17FN2O2.ClH/c17-14-7-3-4-8-15(14)19-16(21)13-6-2-1-5-11(13)9-12(18)10-20;/h1-8,12,20H,9-10,18H2,(H,19,21);1H/t12-;/m1./s1. The molecule has 0 unspecified atom stereocenters. The Bertz CT molecular complexity index is 637. The first-order valence-corrected chi connectivity index (χ1v) is 6.62. The summed E-state index contributed by atoms with van der Waals surface area (Å²) in [4.78, 5) is 12.3. The van der Waals surface area contributed by atoms with E-state index >= 15 is 0 Å². The lowest BCUT2D eigenvalue weighted by Crippen LogP contribution is -2.28. The third-order valence-corrected chi connectivity index (χ3v) is 3.10. The van der Waals surface area contributed by atoms with E-state index in [4.69, 9.17) is 10.8 Å². The summed E-state index contributed by atoms with van der Waals surface area (Å²) < 4.78 is 13.6. The molecule has 0 saturated heterocycles. The monoisotopic (exact) mass is 324 g/mol. The minimum atomic E-state index is -0.490. The summed E-state index contributed by atoms with van der Waals surface area (Å²) in [5.74, 6) is -0.892. The number of carbonyl (C=O) groups excluding carboxylic acids is 1. The third-order valence-electron chi connectivity index (χ3n) is 3.10. The van der Waals surface area contributed by atoms with Crippen molar-refractivity contribution >= 4 is 24.0 Å². The van der Waals surface area contributed by atoms with Gasteiger partial charge in [-0.25, -0.2) is 4.39 Å². The van der Waals surface area contributed by atoms with Gasteiger partial charge < -0.3 is 16.2 Å². The van der Waals surface area contributed by atoms with Gasteiger partial charge in [-0.15, -0.1) is 12.4 Å². The summed E-state index contributed by atoms with van der Waals surface area (Å²) in [6.07, 6.45) is 0.372. The lowest BCUT2D eigenvalue weighted by molar-refractivity contribution is 0.102. The van der Waals surface area contributed by atoms with Crippen molar-refractivity contribution in [3.8, 4) is 0 Å². The quantitative estimate of drug-likeness (QED) is 0.790. The summed E-state index contributed by atoms with van der Waals surface area (Å²) >= 11 is 0. The van der Waals surface area contributed by atoms with Crippen LogP contribution in [0.15, 0.2) is 48.5 Å². The molecule has 0 heterocycles. The number of aliphatic hydroxyl groups is 1. The normalized spacial score (nSPS) is 11.4. The van der Waals surface area contributed by atoms with Crippen molar-refractivity contribution in [3.05, 3.63) is 65.5 Å². The number of nitrogens with one attached hydrogen (secondary N) is 1. The van der Waals surface area contributed by atoms with Gasteiger partial charge in [-0.3, -0.25) is 4.79 Å². The summed E-state index contributed by atoms with van der Waals surface area (Å²) in [5, 5.41) is 11.6. The van der Waals surface area contributed by atoms with Crippen LogP contribution in [0.2, 0.25) is 0 Å². The van der Waals surface area contributed by atoms with E-state index in [1.54, 1.807) is 36.4 Å². The van der Waals surface area contributed by atoms with Crippen LogP contribution in [0.4, 0.5) is 10.1 Å². The lowest BCUT2D eigenvalue weighted by Gasteiger charge is -2.13. The van der Waals surface area contributed by atoms with Gasteiger partial charge in [0.05, 0.1) is 12.3 Å². The molecule has 0 aliphatic heterocycles. The van der Waals surface area contributed by atoms with Gasteiger partial charge in [0.25, 0.3) is 5.91 Å². The second-order valence-electron chi connectivity index (χ2n) is 4.74. The Labute approximate surface area is 134 Å². The number of para-hydroxylation sites is 1. The van der Waals surface area contributed by atoms with E-state index < -0.39 is 17.8 Å². The summed E-state index contributed by atoms with van der Waals surface area (Å²) in [6.45, 7) is -0.163. The summed E-state index contributed by atoms with van der Waals surface area (Å²) in [6, 6.07) is 12.5. The highest BCUT2D eigenvalue weighted by atomic mass is 35.5. The van der Waals surface area contributed by atoms with E-state index in [9.17, 15) is 9.18 Å². The maximum Gasteiger partial charge on any atom is 0.256 e. The van der Waals surface area contributed by atoms with Gasteiger partial charge in [0, 0.05) is 11.6 Å². The maximum absolute atomic E-state index is 13.6. The molecule has 4 N–H and O–H groups in total. The third kappa shape index (κ3) is 4.53. The van der Waals surface area contributed by atoms with Crippen LogP contribution in [0.5, 0.6) is 0 Å². The zero-order valence-electron chi connectivity index (χ0n) is 11.8. The molecule has 4 nitrogen and oxygen atoms in total. The predicted molar refractivity (Wildman–Crippen MR) is 86.8 cm³/mol. The Morgan fingerprint density at radius 3 is 2.50 bits per heavy atom. The van der Waals surface area contributed by atoms with Crippen LogP contribution in [0.25, 0.3) is 0 Å². The number of anilines is 1. The number of carbonyl (C=O) groups is 1. The van der Waals surface area contributed by atoms with E-state index in [0.717, 1.165) is 0 Å². The van der Waals surface area contributed by atoms with E-state index in [1.807, 2.05) is 0 Å². The zero-order valence-corrected chi connectivity index (χ0v) is 12.6. The van der Waals surface area contributed by atoms with Crippen LogP contribution in [0, 0.1) is 5.82 Å². The Hall–Kier alpha value is -1.95. The van der Waals surface area contributed by atoms with E-state index in [1.165, 1.54) is 12.1 Å². The molecule has 6 heteroatoms. The molecule has 0 aromatic heterocycles. The van der Waals surface area contributed by atoms with E-state index in [2.05, 4.69) is 5.32 Å². The van der Waals surface area contributed by atoms with Gasteiger partial charge in [0.1, 0.15) is 5.82 Å². The fourth-order valence-corrected chi connectivity index (χ4v) is 2.02.